The first-order valence-corrected chi connectivity index (χ1v) is 7.30. The minimum Gasteiger partial charge on any atom is -0.329 e. The molecular weight excluding hydrogens is 290 g/mol. The summed E-state index contributed by atoms with van der Waals surface area (Å²) in [6.07, 6.45) is 4.31. The van der Waals surface area contributed by atoms with Crippen molar-refractivity contribution in [1.82, 2.24) is 4.90 Å². The molecule has 0 N–H and O–H groups in total. The van der Waals surface area contributed by atoms with Crippen molar-refractivity contribution in [3.8, 4) is 0 Å². The fraction of sp³-hybridized carbons (Fsp3) is 0.733. The monoisotopic (exact) mass is 315 g/mol. The van der Waals surface area contributed by atoms with Crippen molar-refractivity contribution in [3.63, 3.8) is 0 Å². The normalized spacial score (nSPS) is 16.0. The lowest BCUT2D eigenvalue weighted by Crippen LogP contribution is -2.44. The first kappa shape index (κ1) is 18.8. The summed E-state index contributed by atoms with van der Waals surface area (Å²) in [5.41, 5.74) is -0.502. The average Bonchev–Trinajstić information content (AvgIpc) is 2.79. The number of imide groups is 1. The van der Waals surface area contributed by atoms with E-state index in [1.807, 2.05) is 20.8 Å². The van der Waals surface area contributed by atoms with E-state index in [9.17, 15) is 9.59 Å². The molecule has 0 spiro atoms. The first-order valence-electron chi connectivity index (χ1n) is 7.30. The minimum absolute atomic E-state index is 0.101. The lowest BCUT2D eigenvalue weighted by molar-refractivity contribution is -0.522. The molecule has 2 amide bonds. The maximum Gasteiger partial charge on any atom is 0.313 e. The highest BCUT2D eigenvalue weighted by molar-refractivity contribution is 6.12. The summed E-state index contributed by atoms with van der Waals surface area (Å²) >= 11 is 0. The van der Waals surface area contributed by atoms with Gasteiger partial charge in [0.2, 0.25) is 0 Å². The van der Waals surface area contributed by atoms with Crippen LogP contribution in [-0.4, -0.2) is 49.1 Å². The third kappa shape index (κ3) is 4.88. The Morgan fingerprint density at radius 2 is 1.55 bits per heavy atom. The fourth-order valence-corrected chi connectivity index (χ4v) is 2.12. The van der Waals surface area contributed by atoms with Crippen molar-refractivity contribution < 1.29 is 28.8 Å². The molecule has 0 atom stereocenters. The van der Waals surface area contributed by atoms with Crippen LogP contribution in [0.25, 0.3) is 0 Å². The maximum absolute atomic E-state index is 11.5. The Morgan fingerprint density at radius 1 is 1.00 bits per heavy atom. The molecule has 0 aromatic carbocycles. The Morgan fingerprint density at radius 3 is 2.00 bits per heavy atom. The molecule has 0 fully saturated rings. The van der Waals surface area contributed by atoms with Gasteiger partial charge in [-0.25, -0.2) is 4.89 Å². The fourth-order valence-electron chi connectivity index (χ4n) is 2.12. The van der Waals surface area contributed by atoms with Crippen LogP contribution in [-0.2, 0) is 28.8 Å². The highest BCUT2D eigenvalue weighted by Gasteiger charge is 2.37. The van der Waals surface area contributed by atoms with Crippen LogP contribution in [0, 0.1) is 0 Å². The molecule has 22 heavy (non-hydrogen) atoms. The molecule has 1 aliphatic rings. The molecule has 126 valence electrons. The number of carbonyl (C=O) groups excluding carboxylic acids is 2. The van der Waals surface area contributed by atoms with Crippen LogP contribution in [0.4, 0.5) is 0 Å². The van der Waals surface area contributed by atoms with Gasteiger partial charge in [0.05, 0.1) is 12.0 Å². The predicted octanol–water partition coefficient (Wildman–Crippen LogP) is 1.77. The highest BCUT2D eigenvalue weighted by Crippen LogP contribution is 2.25. The average molecular weight is 315 g/mol. The molecule has 1 rings (SSSR count). The lowest BCUT2D eigenvalue weighted by atomic mass is 10.0. The lowest BCUT2D eigenvalue weighted by Gasteiger charge is -2.33. The zero-order valence-electron chi connectivity index (χ0n) is 13.9. The Hall–Kier alpha value is -1.28. The topological polar surface area (TPSA) is 74.3 Å². The third-order valence-electron chi connectivity index (χ3n) is 3.41. The summed E-state index contributed by atoms with van der Waals surface area (Å²) in [7, 11) is 2.82. The van der Waals surface area contributed by atoms with Crippen molar-refractivity contribution in [2.45, 2.75) is 51.6 Å². The van der Waals surface area contributed by atoms with Crippen molar-refractivity contribution in [2.24, 2.45) is 0 Å². The smallest absolute Gasteiger partial charge is 0.313 e. The SMILES string of the molecule is CCCC(C)(C)OOC(CCN1C(=O)C=CC1=O)(OC)OC. The van der Waals surface area contributed by atoms with Crippen LogP contribution < -0.4 is 0 Å². The van der Waals surface area contributed by atoms with Crippen LogP contribution in [0.3, 0.4) is 0 Å². The number of methoxy groups -OCH3 is 2. The number of amides is 2. The predicted molar refractivity (Wildman–Crippen MR) is 78.4 cm³/mol. The second-order valence-electron chi connectivity index (χ2n) is 5.68. The van der Waals surface area contributed by atoms with E-state index >= 15 is 0 Å². The van der Waals surface area contributed by atoms with Gasteiger partial charge in [0.1, 0.15) is 0 Å². The van der Waals surface area contributed by atoms with Crippen molar-refractivity contribution in [3.05, 3.63) is 12.2 Å². The van der Waals surface area contributed by atoms with E-state index < -0.39 is 11.6 Å². The number of hydrogen-bond acceptors (Lipinski definition) is 6. The molecule has 0 aromatic heterocycles. The van der Waals surface area contributed by atoms with Gasteiger partial charge in [0, 0.05) is 32.9 Å². The van der Waals surface area contributed by atoms with Gasteiger partial charge in [-0.3, -0.25) is 14.5 Å². The van der Waals surface area contributed by atoms with Crippen molar-refractivity contribution in [2.75, 3.05) is 20.8 Å². The number of hydrogen-bond donors (Lipinski definition) is 0. The molecular formula is C15H25NO6. The Bertz CT molecular complexity index is 410. The second-order valence-corrected chi connectivity index (χ2v) is 5.68. The molecule has 0 unspecified atom stereocenters. The quantitative estimate of drug-likeness (QED) is 0.265. The standard InChI is InChI=1S/C15H25NO6/c1-6-9-14(2,3)21-22-15(19-4,20-5)10-11-16-12(17)7-8-13(16)18/h7-8H,6,9-11H2,1-5H3. The molecule has 0 radical (unpaired) electrons. The van der Waals surface area contributed by atoms with Gasteiger partial charge in [0.15, 0.2) is 0 Å². The van der Waals surface area contributed by atoms with E-state index in [0.717, 1.165) is 17.7 Å². The van der Waals surface area contributed by atoms with Crippen LogP contribution in [0.15, 0.2) is 12.2 Å². The molecule has 0 saturated heterocycles. The van der Waals surface area contributed by atoms with Gasteiger partial charge >= 0.3 is 5.97 Å². The van der Waals surface area contributed by atoms with Gasteiger partial charge in [0.25, 0.3) is 11.8 Å². The van der Waals surface area contributed by atoms with E-state index in [0.29, 0.717) is 0 Å². The molecule has 0 aliphatic carbocycles. The zero-order valence-corrected chi connectivity index (χ0v) is 13.9. The van der Waals surface area contributed by atoms with E-state index in [-0.39, 0.29) is 24.8 Å². The minimum atomic E-state index is -1.48. The van der Waals surface area contributed by atoms with Gasteiger partial charge in [-0.2, -0.15) is 4.89 Å². The van der Waals surface area contributed by atoms with Crippen LogP contribution >= 0.6 is 0 Å². The summed E-state index contributed by atoms with van der Waals surface area (Å²) < 4.78 is 10.5. The number of carbonyl (C=O) groups is 2. The molecule has 1 heterocycles. The molecule has 1 aliphatic heterocycles. The van der Waals surface area contributed by atoms with Crippen LogP contribution in [0.2, 0.25) is 0 Å². The Kier molecular flexibility index (Phi) is 6.67. The van der Waals surface area contributed by atoms with Gasteiger partial charge in [-0.15, -0.1) is 0 Å². The van der Waals surface area contributed by atoms with E-state index in [4.69, 9.17) is 19.2 Å². The Labute approximate surface area is 131 Å². The highest BCUT2D eigenvalue weighted by atomic mass is 17.3. The molecule has 0 bridgehead atoms. The van der Waals surface area contributed by atoms with Crippen LogP contribution in [0.5, 0.6) is 0 Å². The van der Waals surface area contributed by atoms with Gasteiger partial charge in [-0.1, -0.05) is 13.3 Å². The summed E-state index contributed by atoms with van der Waals surface area (Å²) in [4.78, 5) is 35.0. The number of nitrogens with zero attached hydrogens (tertiary/aromatic N) is 1. The molecule has 0 saturated carbocycles. The first-order chi connectivity index (χ1) is 10.3. The number of ether oxygens (including phenoxy) is 2. The van der Waals surface area contributed by atoms with E-state index in [2.05, 4.69) is 0 Å². The number of rotatable bonds is 10. The Balaban J connectivity index is 2.63. The second kappa shape index (κ2) is 7.82. The maximum atomic E-state index is 11.5. The zero-order chi connectivity index (χ0) is 16.8. The van der Waals surface area contributed by atoms with Gasteiger partial charge < -0.3 is 9.47 Å². The molecule has 7 nitrogen and oxygen atoms in total. The van der Waals surface area contributed by atoms with E-state index in [1.54, 1.807) is 0 Å². The van der Waals surface area contributed by atoms with Gasteiger partial charge in [-0.05, 0) is 20.3 Å². The molecule has 7 heteroatoms. The molecule has 0 aromatic rings. The summed E-state index contributed by atoms with van der Waals surface area (Å²) in [5, 5.41) is 0. The largest absolute Gasteiger partial charge is 0.329 e. The summed E-state index contributed by atoms with van der Waals surface area (Å²) in [5.74, 6) is -2.20. The third-order valence-corrected chi connectivity index (χ3v) is 3.41. The summed E-state index contributed by atoms with van der Waals surface area (Å²) in [6.45, 7) is 5.93. The van der Waals surface area contributed by atoms with E-state index in [1.165, 1.54) is 26.4 Å². The van der Waals surface area contributed by atoms with Crippen molar-refractivity contribution >= 4 is 11.8 Å². The van der Waals surface area contributed by atoms with Crippen molar-refractivity contribution in [1.29, 1.82) is 0 Å². The summed E-state index contributed by atoms with van der Waals surface area (Å²) in [6, 6.07) is 0. The van der Waals surface area contributed by atoms with Crippen LogP contribution in [0.1, 0.15) is 40.0 Å².